The Labute approximate surface area is 144 Å². The number of nitrogens with zero attached hydrogens (tertiary/aromatic N) is 2. The van der Waals surface area contributed by atoms with Crippen molar-refractivity contribution in [1.29, 1.82) is 5.26 Å². The van der Waals surface area contributed by atoms with Crippen LogP contribution in [-0.4, -0.2) is 11.9 Å². The van der Waals surface area contributed by atoms with Crippen LogP contribution >= 0.6 is 0 Å². The third kappa shape index (κ3) is 3.26. The quantitative estimate of drug-likeness (QED) is 0.650. The number of rotatable bonds is 2. The van der Waals surface area contributed by atoms with E-state index in [1.54, 1.807) is 12.1 Å². The molecule has 0 aromatic heterocycles. The number of fused-ring (bicyclic) bond motifs is 1. The van der Waals surface area contributed by atoms with E-state index < -0.39 is 11.7 Å². The first-order valence-electron chi connectivity index (χ1n) is 7.67. The predicted molar refractivity (Wildman–Crippen MR) is 93.1 cm³/mol. The third-order valence-corrected chi connectivity index (χ3v) is 4.03. The summed E-state index contributed by atoms with van der Waals surface area (Å²) in [6, 6.07) is 11.4. The van der Waals surface area contributed by atoms with Gasteiger partial charge < -0.3 is 11.5 Å². The number of aryl methyl sites for hydroxylation is 1. The monoisotopic (exact) mass is 334 g/mol. The fraction of sp³-hybridized carbons (Fsp3) is 0.105. The Morgan fingerprint density at radius 1 is 1.16 bits per heavy atom. The number of carbonyl (C=O) groups excluding carboxylic acids is 1. The summed E-state index contributed by atoms with van der Waals surface area (Å²) in [5, 5.41) is 9.07. The number of aliphatic imine (C=N–C) groups is 1. The average molecular weight is 334 g/mol. The van der Waals surface area contributed by atoms with Gasteiger partial charge in [0.1, 0.15) is 5.82 Å². The Hall–Kier alpha value is -3.46. The van der Waals surface area contributed by atoms with Crippen LogP contribution in [0.5, 0.6) is 0 Å². The molecular formula is C19H15FN4O. The van der Waals surface area contributed by atoms with Crippen LogP contribution in [0, 0.1) is 17.1 Å². The highest BCUT2D eigenvalue weighted by molar-refractivity contribution is 6.02. The highest BCUT2D eigenvalue weighted by atomic mass is 19.1. The zero-order valence-electron chi connectivity index (χ0n) is 13.3. The summed E-state index contributed by atoms with van der Waals surface area (Å²) >= 11 is 0. The molecule has 3 rings (SSSR count). The predicted octanol–water partition coefficient (Wildman–Crippen LogP) is 2.49. The number of amides is 1. The molecule has 0 bridgehead atoms. The van der Waals surface area contributed by atoms with Gasteiger partial charge in [-0.15, -0.1) is 0 Å². The Morgan fingerprint density at radius 2 is 1.96 bits per heavy atom. The van der Waals surface area contributed by atoms with E-state index >= 15 is 0 Å². The number of carbonyl (C=O) groups is 1. The number of nitriles is 1. The molecule has 1 amide bonds. The third-order valence-electron chi connectivity index (χ3n) is 4.03. The lowest BCUT2D eigenvalue weighted by atomic mass is 9.85. The van der Waals surface area contributed by atoms with Crippen molar-refractivity contribution in [1.82, 2.24) is 0 Å². The van der Waals surface area contributed by atoms with Gasteiger partial charge in [0.05, 0.1) is 11.6 Å². The van der Waals surface area contributed by atoms with Crippen LogP contribution in [0.2, 0.25) is 0 Å². The molecule has 124 valence electrons. The van der Waals surface area contributed by atoms with E-state index in [9.17, 15) is 9.18 Å². The highest BCUT2D eigenvalue weighted by Crippen LogP contribution is 2.34. The zero-order chi connectivity index (χ0) is 18.0. The summed E-state index contributed by atoms with van der Waals surface area (Å²) < 4.78 is 14.3. The number of nitrogens with two attached hydrogens (primary N) is 2. The van der Waals surface area contributed by atoms with Gasteiger partial charge in [0.15, 0.2) is 5.96 Å². The SMILES string of the molecule is N#Cc1ccc(F)c(C2=CCCc3ccc(C(=O)N=C(N)N)cc32)c1. The van der Waals surface area contributed by atoms with Gasteiger partial charge >= 0.3 is 0 Å². The minimum atomic E-state index is -0.557. The summed E-state index contributed by atoms with van der Waals surface area (Å²) in [5.74, 6) is -1.29. The van der Waals surface area contributed by atoms with Crippen LogP contribution < -0.4 is 11.5 Å². The van der Waals surface area contributed by atoms with Gasteiger partial charge in [0, 0.05) is 11.1 Å². The van der Waals surface area contributed by atoms with E-state index in [0.717, 1.165) is 24.0 Å². The van der Waals surface area contributed by atoms with E-state index in [4.69, 9.17) is 16.7 Å². The van der Waals surface area contributed by atoms with Crippen LogP contribution in [0.25, 0.3) is 5.57 Å². The highest BCUT2D eigenvalue weighted by Gasteiger charge is 2.19. The van der Waals surface area contributed by atoms with Gasteiger partial charge in [0.25, 0.3) is 5.91 Å². The van der Waals surface area contributed by atoms with Gasteiger partial charge in [-0.2, -0.15) is 10.3 Å². The minimum Gasteiger partial charge on any atom is -0.370 e. The van der Waals surface area contributed by atoms with E-state index in [1.165, 1.54) is 18.2 Å². The molecule has 2 aromatic rings. The normalized spacial score (nSPS) is 12.6. The summed E-state index contributed by atoms with van der Waals surface area (Å²) in [4.78, 5) is 15.6. The smallest absolute Gasteiger partial charge is 0.280 e. The first kappa shape index (κ1) is 16.4. The van der Waals surface area contributed by atoms with Crippen molar-refractivity contribution in [2.75, 3.05) is 0 Å². The second kappa shape index (κ2) is 6.57. The maximum Gasteiger partial charge on any atom is 0.280 e. The summed E-state index contributed by atoms with van der Waals surface area (Å²) in [7, 11) is 0. The molecule has 2 aromatic carbocycles. The van der Waals surface area contributed by atoms with Crippen molar-refractivity contribution in [3.8, 4) is 6.07 Å². The first-order valence-corrected chi connectivity index (χ1v) is 7.67. The number of hydrogen-bond donors (Lipinski definition) is 2. The molecule has 0 spiro atoms. The second-order valence-corrected chi connectivity index (χ2v) is 5.68. The number of guanidine groups is 1. The lowest BCUT2D eigenvalue weighted by molar-refractivity contribution is 0.100. The molecule has 0 radical (unpaired) electrons. The molecule has 0 fully saturated rings. The molecule has 5 nitrogen and oxygen atoms in total. The topological polar surface area (TPSA) is 105 Å². The first-order chi connectivity index (χ1) is 12.0. The maximum atomic E-state index is 14.3. The molecule has 1 aliphatic rings. The van der Waals surface area contributed by atoms with Crippen molar-refractivity contribution < 1.29 is 9.18 Å². The summed E-state index contributed by atoms with van der Waals surface area (Å²) in [6.07, 6.45) is 3.45. The minimum absolute atomic E-state index is 0.314. The molecule has 0 saturated carbocycles. The number of halogens is 1. The van der Waals surface area contributed by atoms with Crippen LogP contribution in [-0.2, 0) is 6.42 Å². The molecule has 0 heterocycles. The zero-order valence-corrected chi connectivity index (χ0v) is 13.3. The number of allylic oxidation sites excluding steroid dienone is 1. The number of benzene rings is 2. The van der Waals surface area contributed by atoms with Crippen molar-refractivity contribution in [2.24, 2.45) is 16.5 Å². The lowest BCUT2D eigenvalue weighted by Crippen LogP contribution is -2.24. The Balaban J connectivity index is 2.12. The molecule has 0 atom stereocenters. The summed E-state index contributed by atoms with van der Waals surface area (Å²) in [5.41, 5.74) is 13.9. The van der Waals surface area contributed by atoms with Crippen molar-refractivity contribution in [3.05, 3.63) is 76.1 Å². The standard InChI is InChI=1S/C19H15FN4O/c20-17-7-4-11(10-21)8-16(17)14-3-1-2-12-5-6-13(9-15(12)14)18(25)24-19(22)23/h3-9H,1-2H2,(H4,22,23,24,25). The van der Waals surface area contributed by atoms with Gasteiger partial charge in [0.2, 0.25) is 0 Å². The number of hydrogen-bond acceptors (Lipinski definition) is 2. The largest absolute Gasteiger partial charge is 0.370 e. The van der Waals surface area contributed by atoms with Crippen molar-refractivity contribution in [3.63, 3.8) is 0 Å². The fourth-order valence-corrected chi connectivity index (χ4v) is 2.90. The average Bonchev–Trinajstić information content (AvgIpc) is 2.60. The fourth-order valence-electron chi connectivity index (χ4n) is 2.90. The van der Waals surface area contributed by atoms with Gasteiger partial charge in [-0.25, -0.2) is 4.39 Å². The van der Waals surface area contributed by atoms with Crippen LogP contribution in [0.3, 0.4) is 0 Å². The maximum absolute atomic E-state index is 14.3. The van der Waals surface area contributed by atoms with Crippen LogP contribution in [0.4, 0.5) is 4.39 Å². The summed E-state index contributed by atoms with van der Waals surface area (Å²) in [6.45, 7) is 0. The second-order valence-electron chi connectivity index (χ2n) is 5.68. The molecule has 4 N–H and O–H groups in total. The molecule has 1 aliphatic carbocycles. The Kier molecular flexibility index (Phi) is 4.31. The van der Waals surface area contributed by atoms with Gasteiger partial charge in [-0.1, -0.05) is 12.1 Å². The van der Waals surface area contributed by atoms with E-state index in [-0.39, 0.29) is 5.96 Å². The van der Waals surface area contributed by atoms with E-state index in [1.807, 2.05) is 18.2 Å². The Bertz CT molecular complexity index is 966. The molecular weight excluding hydrogens is 319 g/mol. The van der Waals surface area contributed by atoms with Crippen LogP contribution in [0.15, 0.2) is 47.5 Å². The van der Waals surface area contributed by atoms with E-state index in [0.29, 0.717) is 22.3 Å². The molecule has 6 heteroatoms. The molecule has 0 unspecified atom stereocenters. The van der Waals surface area contributed by atoms with Crippen molar-refractivity contribution >= 4 is 17.4 Å². The molecule has 0 aliphatic heterocycles. The van der Waals surface area contributed by atoms with Gasteiger partial charge in [-0.3, -0.25) is 4.79 Å². The van der Waals surface area contributed by atoms with Crippen molar-refractivity contribution in [2.45, 2.75) is 12.8 Å². The van der Waals surface area contributed by atoms with E-state index in [2.05, 4.69) is 4.99 Å². The molecule has 0 saturated heterocycles. The molecule has 25 heavy (non-hydrogen) atoms. The Morgan fingerprint density at radius 3 is 2.68 bits per heavy atom. The van der Waals surface area contributed by atoms with Crippen LogP contribution in [0.1, 0.15) is 39.0 Å². The lowest BCUT2D eigenvalue weighted by Gasteiger charge is -2.19. The van der Waals surface area contributed by atoms with Gasteiger partial charge in [-0.05, 0) is 59.9 Å².